The van der Waals surface area contributed by atoms with Crippen LogP contribution in [0.15, 0.2) is 11.3 Å². The summed E-state index contributed by atoms with van der Waals surface area (Å²) in [7, 11) is 0. The third-order valence-corrected chi connectivity index (χ3v) is 6.05. The average Bonchev–Trinajstić information content (AvgIpc) is 2.50. The maximum absolute atomic E-state index is 12.9. The van der Waals surface area contributed by atoms with Crippen molar-refractivity contribution in [3.63, 3.8) is 0 Å². The first-order valence-corrected chi connectivity index (χ1v) is 9.04. The summed E-state index contributed by atoms with van der Waals surface area (Å²) in [6, 6.07) is 1.75. The Morgan fingerprint density at radius 3 is 2.31 bits per heavy atom. The molecule has 0 spiro atoms. The van der Waals surface area contributed by atoms with Crippen LogP contribution in [-0.4, -0.2) is 29.8 Å². The zero-order valence-electron chi connectivity index (χ0n) is 15.3. The molecule has 4 saturated carbocycles. The average molecular weight is 359 g/mol. The predicted octanol–water partition coefficient (Wildman–Crippen LogP) is 1.33. The molecule has 4 aliphatic rings. The molecule has 0 heterocycles. The molecule has 0 saturated heterocycles. The minimum atomic E-state index is -0.638. The smallest absolute Gasteiger partial charge is 0.312 e. The monoisotopic (exact) mass is 359 g/mol. The number of allylic oxidation sites excluding steroid dienone is 1. The summed E-state index contributed by atoms with van der Waals surface area (Å²) in [6.45, 7) is 2.50. The van der Waals surface area contributed by atoms with Gasteiger partial charge in [0.25, 0.3) is 0 Å². The van der Waals surface area contributed by atoms with Gasteiger partial charge in [0.1, 0.15) is 11.6 Å². The zero-order valence-corrected chi connectivity index (χ0v) is 15.3. The summed E-state index contributed by atoms with van der Waals surface area (Å²) < 4.78 is 5.33. The van der Waals surface area contributed by atoms with Crippen molar-refractivity contribution >= 4 is 17.7 Å². The number of hydrogen-bond acceptors (Lipinski definition) is 6. The number of ether oxygens (including phenoxy) is 1. The summed E-state index contributed by atoms with van der Waals surface area (Å²) in [4.78, 5) is 36.6. The molecule has 3 N–H and O–H groups in total. The molecule has 140 valence electrons. The number of carbonyl (C=O) groups is 3. The van der Waals surface area contributed by atoms with Crippen molar-refractivity contribution < 1.29 is 19.1 Å². The number of nitrogens with zero attached hydrogens (tertiary/aromatic N) is 1. The Kier molecular flexibility index (Phi) is 4.55. The van der Waals surface area contributed by atoms with Crippen LogP contribution in [0, 0.1) is 28.6 Å². The number of esters is 1. The van der Waals surface area contributed by atoms with E-state index in [1.165, 1.54) is 13.8 Å². The first-order valence-electron chi connectivity index (χ1n) is 9.04. The van der Waals surface area contributed by atoms with E-state index >= 15 is 0 Å². The number of Topliss-reactive ketones (excluding diaryl/α,β-unsaturated/α-hetero) is 1. The van der Waals surface area contributed by atoms with Crippen LogP contribution in [0.5, 0.6) is 0 Å². The first-order chi connectivity index (χ1) is 12.2. The number of nitriles is 1. The number of rotatable bonds is 5. The van der Waals surface area contributed by atoms with Gasteiger partial charge >= 0.3 is 5.97 Å². The predicted molar refractivity (Wildman–Crippen MR) is 92.1 cm³/mol. The fourth-order valence-corrected chi connectivity index (χ4v) is 5.75. The maximum atomic E-state index is 12.9. The Hall–Kier alpha value is -2.36. The highest BCUT2D eigenvalue weighted by Gasteiger charge is 2.61. The molecule has 2 unspecified atom stereocenters. The van der Waals surface area contributed by atoms with Crippen molar-refractivity contribution in [3.8, 4) is 6.07 Å². The number of ketones is 1. The molecule has 0 aliphatic heterocycles. The van der Waals surface area contributed by atoms with Crippen molar-refractivity contribution in [1.82, 2.24) is 5.32 Å². The molecule has 1 amide bonds. The fourth-order valence-electron chi connectivity index (χ4n) is 5.75. The SMILES string of the molecule is CC(=O)NC12C[C@H]3C[C@@H](C1)CC(C(=O)OCC(=O)/C(C#N)=C(/C)N)(C3)C2. The van der Waals surface area contributed by atoms with Gasteiger partial charge in [-0.25, -0.2) is 0 Å². The maximum Gasteiger partial charge on any atom is 0.312 e. The second kappa shape index (κ2) is 6.42. The number of hydrogen-bond donors (Lipinski definition) is 2. The highest BCUT2D eigenvalue weighted by atomic mass is 16.5. The van der Waals surface area contributed by atoms with Crippen LogP contribution in [-0.2, 0) is 19.1 Å². The van der Waals surface area contributed by atoms with Gasteiger partial charge in [-0.1, -0.05) is 0 Å². The van der Waals surface area contributed by atoms with Gasteiger partial charge in [-0.3, -0.25) is 14.4 Å². The Balaban J connectivity index is 1.73. The van der Waals surface area contributed by atoms with Crippen molar-refractivity contribution in [3.05, 3.63) is 11.3 Å². The van der Waals surface area contributed by atoms with Gasteiger partial charge in [-0.05, 0) is 57.3 Å². The van der Waals surface area contributed by atoms with E-state index in [9.17, 15) is 14.4 Å². The summed E-state index contributed by atoms with van der Waals surface area (Å²) in [5.74, 6) is -0.254. The molecule has 0 radical (unpaired) electrons. The molecule has 7 heteroatoms. The van der Waals surface area contributed by atoms with Crippen molar-refractivity contribution in [2.75, 3.05) is 6.61 Å². The molecule has 26 heavy (non-hydrogen) atoms. The Morgan fingerprint density at radius 2 is 1.81 bits per heavy atom. The standard InChI is InChI=1S/C19H25N3O4/c1-11(21)15(8-20)16(24)9-26-17(25)18-4-13-3-14(5-18)7-19(6-13,10-18)22-12(2)23/h13-14H,3-7,9-10,21H2,1-2H3,(H,22,23)/b15-11-/t13-,14+,18?,19?. The Labute approximate surface area is 152 Å². The van der Waals surface area contributed by atoms with E-state index in [4.69, 9.17) is 15.7 Å². The third kappa shape index (κ3) is 3.20. The van der Waals surface area contributed by atoms with E-state index in [0.29, 0.717) is 18.3 Å². The van der Waals surface area contributed by atoms with Crippen LogP contribution in [0.4, 0.5) is 0 Å². The number of amides is 1. The summed E-state index contributed by atoms with van der Waals surface area (Å²) in [5.41, 5.74) is 4.50. The molecule has 7 nitrogen and oxygen atoms in total. The minimum absolute atomic E-state index is 0.0761. The van der Waals surface area contributed by atoms with Gasteiger partial charge in [0, 0.05) is 18.2 Å². The fraction of sp³-hybridized carbons (Fsp3) is 0.684. The van der Waals surface area contributed by atoms with Gasteiger partial charge in [0.05, 0.1) is 5.41 Å². The van der Waals surface area contributed by atoms with Crippen LogP contribution >= 0.6 is 0 Å². The van der Waals surface area contributed by atoms with E-state index in [2.05, 4.69) is 5.32 Å². The molecule has 0 aromatic carbocycles. The molecule has 4 aliphatic carbocycles. The van der Waals surface area contributed by atoms with E-state index in [0.717, 1.165) is 32.1 Å². The lowest BCUT2D eigenvalue weighted by Crippen LogP contribution is -2.64. The highest BCUT2D eigenvalue weighted by molar-refractivity contribution is 6.01. The van der Waals surface area contributed by atoms with Crippen LogP contribution in [0.1, 0.15) is 52.4 Å². The topological polar surface area (TPSA) is 122 Å². The quantitative estimate of drug-likeness (QED) is 0.434. The van der Waals surface area contributed by atoms with Gasteiger partial charge in [-0.15, -0.1) is 0 Å². The third-order valence-electron chi connectivity index (χ3n) is 6.05. The number of nitrogens with one attached hydrogen (secondary N) is 1. The lowest BCUT2D eigenvalue weighted by Gasteiger charge is -2.60. The molecule has 4 fully saturated rings. The van der Waals surface area contributed by atoms with E-state index < -0.39 is 17.8 Å². The summed E-state index contributed by atoms with van der Waals surface area (Å²) in [5, 5.41) is 12.1. The second-order valence-electron chi connectivity index (χ2n) is 8.37. The number of carbonyl (C=O) groups excluding carboxylic acids is 3. The van der Waals surface area contributed by atoms with Crippen LogP contribution in [0.25, 0.3) is 0 Å². The van der Waals surface area contributed by atoms with Gasteiger partial charge in [0.15, 0.2) is 6.61 Å². The number of nitrogens with two attached hydrogens (primary N) is 1. The molecule has 0 aromatic rings. The van der Waals surface area contributed by atoms with Crippen molar-refractivity contribution in [2.45, 2.75) is 57.9 Å². The summed E-state index contributed by atoms with van der Waals surface area (Å²) >= 11 is 0. The van der Waals surface area contributed by atoms with Crippen molar-refractivity contribution in [1.29, 1.82) is 5.26 Å². The largest absolute Gasteiger partial charge is 0.457 e. The molecule has 0 aromatic heterocycles. The van der Waals surface area contributed by atoms with E-state index in [1.807, 2.05) is 0 Å². The van der Waals surface area contributed by atoms with E-state index in [-0.39, 0.29) is 28.7 Å². The normalized spacial score (nSPS) is 35.3. The Morgan fingerprint density at radius 1 is 1.19 bits per heavy atom. The molecule has 4 rings (SSSR count). The first kappa shape index (κ1) is 18.4. The lowest BCUT2D eigenvalue weighted by molar-refractivity contribution is -0.176. The lowest BCUT2D eigenvalue weighted by atomic mass is 9.47. The van der Waals surface area contributed by atoms with Gasteiger partial charge in [-0.2, -0.15) is 5.26 Å². The molecule has 4 atom stereocenters. The molecule has 4 bridgehead atoms. The van der Waals surface area contributed by atoms with E-state index in [1.54, 1.807) is 6.07 Å². The zero-order chi connectivity index (χ0) is 19.1. The minimum Gasteiger partial charge on any atom is -0.457 e. The Bertz CT molecular complexity index is 716. The van der Waals surface area contributed by atoms with Crippen molar-refractivity contribution in [2.24, 2.45) is 23.0 Å². The molecular weight excluding hydrogens is 334 g/mol. The van der Waals surface area contributed by atoms with Gasteiger partial charge < -0.3 is 15.8 Å². The van der Waals surface area contributed by atoms with Gasteiger partial charge in [0.2, 0.25) is 11.7 Å². The molecular formula is C19H25N3O4. The van der Waals surface area contributed by atoms with Crippen LogP contribution in [0.2, 0.25) is 0 Å². The highest BCUT2D eigenvalue weighted by Crippen LogP contribution is 2.62. The second-order valence-corrected chi connectivity index (χ2v) is 8.37. The van der Waals surface area contributed by atoms with Crippen LogP contribution in [0.3, 0.4) is 0 Å². The summed E-state index contributed by atoms with van der Waals surface area (Å²) in [6.07, 6.45) is 4.96. The van der Waals surface area contributed by atoms with Crippen LogP contribution < -0.4 is 11.1 Å².